The predicted molar refractivity (Wildman–Crippen MR) is 47.5 cm³/mol. The maximum atomic E-state index is 11.0. The third-order valence-electron chi connectivity index (χ3n) is 1.35. The van der Waals surface area contributed by atoms with E-state index in [1.165, 1.54) is 24.5 Å². The van der Waals surface area contributed by atoms with Crippen LogP contribution in [-0.4, -0.2) is 19.2 Å². The van der Waals surface area contributed by atoms with Crippen molar-refractivity contribution in [2.45, 2.75) is 6.54 Å². The van der Waals surface area contributed by atoms with E-state index in [1.54, 1.807) is 12.1 Å². The van der Waals surface area contributed by atoms with E-state index in [0.717, 1.165) is 4.88 Å². The van der Waals surface area contributed by atoms with Crippen LogP contribution in [0.25, 0.3) is 0 Å². The van der Waals surface area contributed by atoms with Crippen molar-refractivity contribution < 1.29 is 14.3 Å². The second-order valence-corrected chi connectivity index (χ2v) is 3.33. The molecular weight excluding hydrogens is 190 g/mol. The molecule has 0 aliphatic carbocycles. The topological polar surface area (TPSA) is 55.7 Å². The summed E-state index contributed by atoms with van der Waals surface area (Å²) in [6, 6.07) is 3.38. The van der Waals surface area contributed by atoms with Gasteiger partial charge in [0.1, 0.15) is 4.88 Å². The number of hydrogen-bond donors (Lipinski definition) is 0. The zero-order valence-corrected chi connectivity index (χ0v) is 7.76. The Kier molecular flexibility index (Phi) is 3.37. The summed E-state index contributed by atoms with van der Waals surface area (Å²) in [5.41, 5.74) is 0. The molecule has 13 heavy (non-hydrogen) atoms. The number of rotatable bonds is 3. The first-order valence-corrected chi connectivity index (χ1v) is 4.30. The molecule has 1 rings (SSSR count). The number of aliphatic imine (C=N–C) groups is 1. The summed E-state index contributed by atoms with van der Waals surface area (Å²) in [5, 5.41) is 0. The zero-order valence-electron chi connectivity index (χ0n) is 6.94. The molecule has 68 valence electrons. The van der Waals surface area contributed by atoms with Gasteiger partial charge >= 0.3 is 5.97 Å². The van der Waals surface area contributed by atoms with Gasteiger partial charge in [-0.2, -0.15) is 0 Å². The lowest BCUT2D eigenvalue weighted by molar-refractivity contribution is 0.0606. The van der Waals surface area contributed by atoms with Crippen molar-refractivity contribution in [2.75, 3.05) is 7.11 Å². The van der Waals surface area contributed by atoms with Crippen LogP contribution in [0, 0.1) is 0 Å². The molecule has 0 saturated heterocycles. The van der Waals surface area contributed by atoms with E-state index in [4.69, 9.17) is 0 Å². The highest BCUT2D eigenvalue weighted by Crippen LogP contribution is 2.17. The Hall–Kier alpha value is -1.45. The molecule has 0 radical (unpaired) electrons. The van der Waals surface area contributed by atoms with E-state index in [2.05, 4.69) is 9.73 Å². The lowest BCUT2D eigenvalue weighted by atomic mass is 10.4. The maximum absolute atomic E-state index is 11.0. The van der Waals surface area contributed by atoms with Gasteiger partial charge in [0.05, 0.1) is 13.7 Å². The van der Waals surface area contributed by atoms with Crippen LogP contribution in [-0.2, 0) is 16.1 Å². The van der Waals surface area contributed by atoms with E-state index in [0.29, 0.717) is 4.88 Å². The fraction of sp³-hybridized carbons (Fsp3) is 0.250. The van der Waals surface area contributed by atoms with Crippen molar-refractivity contribution in [3.05, 3.63) is 21.9 Å². The fourth-order valence-electron chi connectivity index (χ4n) is 0.783. The van der Waals surface area contributed by atoms with Crippen molar-refractivity contribution in [1.82, 2.24) is 0 Å². The smallest absolute Gasteiger partial charge is 0.348 e. The third kappa shape index (κ3) is 2.50. The average Bonchev–Trinajstić information content (AvgIpc) is 2.62. The molecule has 0 atom stereocenters. The van der Waals surface area contributed by atoms with Gasteiger partial charge in [-0.1, -0.05) is 0 Å². The number of carbonyl (C=O) groups is 1. The van der Waals surface area contributed by atoms with Gasteiger partial charge in [0.25, 0.3) is 0 Å². The van der Waals surface area contributed by atoms with Crippen LogP contribution >= 0.6 is 11.3 Å². The molecule has 0 N–H and O–H groups in total. The molecule has 1 aromatic rings. The summed E-state index contributed by atoms with van der Waals surface area (Å²) in [5.74, 6) is -0.369. The summed E-state index contributed by atoms with van der Waals surface area (Å²) >= 11 is 1.26. The average molecular weight is 197 g/mol. The van der Waals surface area contributed by atoms with E-state index in [1.807, 2.05) is 0 Å². The first kappa shape index (κ1) is 9.64. The van der Waals surface area contributed by atoms with E-state index in [9.17, 15) is 9.59 Å². The minimum absolute atomic E-state index is 0.269. The van der Waals surface area contributed by atoms with Gasteiger partial charge < -0.3 is 4.74 Å². The van der Waals surface area contributed by atoms with Crippen LogP contribution in [0.1, 0.15) is 14.5 Å². The van der Waals surface area contributed by atoms with Gasteiger partial charge in [0.15, 0.2) is 0 Å². The second kappa shape index (κ2) is 4.54. The molecule has 0 aliphatic rings. The number of thiophene rings is 1. The monoisotopic (exact) mass is 197 g/mol. The standard InChI is InChI=1S/C8H7NO3S/c1-12-8(11)7-3-2-6(13-7)4-9-5-10/h2-3H,4H2,1H3. The molecule has 0 spiro atoms. The number of isocyanates is 1. The number of ether oxygens (including phenoxy) is 1. The van der Waals surface area contributed by atoms with Crippen LogP contribution in [0.4, 0.5) is 0 Å². The maximum Gasteiger partial charge on any atom is 0.348 e. The van der Waals surface area contributed by atoms with Crippen LogP contribution in [0.3, 0.4) is 0 Å². The summed E-state index contributed by atoms with van der Waals surface area (Å²) in [7, 11) is 1.32. The molecule has 0 amide bonds. The van der Waals surface area contributed by atoms with Crippen LogP contribution in [0.5, 0.6) is 0 Å². The molecule has 0 aliphatic heterocycles. The molecular formula is C8H7NO3S. The van der Waals surface area contributed by atoms with Gasteiger partial charge in [-0.3, -0.25) is 0 Å². The second-order valence-electron chi connectivity index (χ2n) is 2.17. The minimum Gasteiger partial charge on any atom is -0.465 e. The van der Waals surface area contributed by atoms with Gasteiger partial charge in [0.2, 0.25) is 6.08 Å². The van der Waals surface area contributed by atoms with E-state index >= 15 is 0 Å². The molecule has 5 heteroatoms. The summed E-state index contributed by atoms with van der Waals surface area (Å²) in [6.45, 7) is 0.269. The number of carbonyl (C=O) groups excluding carboxylic acids is 2. The Bertz CT molecular complexity index is 352. The number of esters is 1. The molecule has 4 nitrogen and oxygen atoms in total. The van der Waals surface area contributed by atoms with E-state index < -0.39 is 0 Å². The summed E-state index contributed by atoms with van der Waals surface area (Å²) in [6.07, 6.45) is 1.43. The first-order valence-electron chi connectivity index (χ1n) is 3.48. The fourth-order valence-corrected chi connectivity index (χ4v) is 1.63. The number of methoxy groups -OCH3 is 1. The quantitative estimate of drug-likeness (QED) is 0.417. The predicted octanol–water partition coefficient (Wildman–Crippen LogP) is 1.37. The van der Waals surface area contributed by atoms with Crippen molar-refractivity contribution in [3.8, 4) is 0 Å². The molecule has 1 aromatic heterocycles. The Morgan fingerprint density at radius 1 is 1.69 bits per heavy atom. The first-order chi connectivity index (χ1) is 6.27. The van der Waals surface area contributed by atoms with Crippen molar-refractivity contribution in [1.29, 1.82) is 0 Å². The lowest BCUT2D eigenvalue weighted by Gasteiger charge is -1.91. The number of nitrogens with zero attached hydrogens (tertiary/aromatic N) is 1. The van der Waals surface area contributed by atoms with Crippen molar-refractivity contribution in [2.24, 2.45) is 4.99 Å². The van der Waals surface area contributed by atoms with Gasteiger partial charge in [-0.05, 0) is 12.1 Å². The van der Waals surface area contributed by atoms with Crippen LogP contribution in [0.15, 0.2) is 17.1 Å². The minimum atomic E-state index is -0.369. The van der Waals surface area contributed by atoms with E-state index in [-0.39, 0.29) is 12.5 Å². The van der Waals surface area contributed by atoms with Crippen molar-refractivity contribution >= 4 is 23.4 Å². The SMILES string of the molecule is COC(=O)c1ccc(CN=C=O)s1. The van der Waals surface area contributed by atoms with Gasteiger partial charge in [-0.15, -0.1) is 11.3 Å². The lowest BCUT2D eigenvalue weighted by Crippen LogP contribution is -1.96. The normalized spacial score (nSPS) is 9.00. The van der Waals surface area contributed by atoms with Gasteiger partial charge in [-0.25, -0.2) is 14.6 Å². The molecule has 0 aromatic carbocycles. The molecule has 0 saturated carbocycles. The molecule has 1 heterocycles. The van der Waals surface area contributed by atoms with Crippen LogP contribution < -0.4 is 0 Å². The highest BCUT2D eigenvalue weighted by molar-refractivity contribution is 7.13. The van der Waals surface area contributed by atoms with Gasteiger partial charge in [0, 0.05) is 4.88 Å². The third-order valence-corrected chi connectivity index (χ3v) is 2.40. The Morgan fingerprint density at radius 3 is 3.08 bits per heavy atom. The molecule has 0 bridgehead atoms. The molecule has 0 unspecified atom stereocenters. The Labute approximate surface area is 78.9 Å². The zero-order chi connectivity index (χ0) is 9.68. The highest BCUT2D eigenvalue weighted by atomic mass is 32.1. The number of hydrogen-bond acceptors (Lipinski definition) is 5. The highest BCUT2D eigenvalue weighted by Gasteiger charge is 2.07. The largest absolute Gasteiger partial charge is 0.465 e. The van der Waals surface area contributed by atoms with Crippen molar-refractivity contribution in [3.63, 3.8) is 0 Å². The Morgan fingerprint density at radius 2 is 2.46 bits per heavy atom. The van der Waals surface area contributed by atoms with Crippen LogP contribution in [0.2, 0.25) is 0 Å². The summed E-state index contributed by atoms with van der Waals surface area (Å²) < 4.78 is 4.52. The molecule has 0 fully saturated rings. The summed E-state index contributed by atoms with van der Waals surface area (Å²) in [4.78, 5) is 25.5. The Balaban J connectivity index is 2.74.